The van der Waals surface area contributed by atoms with E-state index >= 15 is 0 Å². The first kappa shape index (κ1) is 13.6. The van der Waals surface area contributed by atoms with Crippen molar-refractivity contribution in [3.63, 3.8) is 0 Å². The standard InChI is InChI=1S/C16H25NO/c1-3-17-16-14(9-7-11-18-4-2)12-13-8-5-6-10-15(13)16/h5-6,8,10,14,16-17H,3-4,7,9,11-12H2,1-2H3. The van der Waals surface area contributed by atoms with E-state index in [1.165, 1.54) is 30.4 Å². The summed E-state index contributed by atoms with van der Waals surface area (Å²) in [6.45, 7) is 7.04. The largest absolute Gasteiger partial charge is 0.382 e. The summed E-state index contributed by atoms with van der Waals surface area (Å²) in [5.74, 6) is 0.739. The van der Waals surface area contributed by atoms with Crippen LogP contribution in [0.3, 0.4) is 0 Å². The molecule has 0 saturated heterocycles. The summed E-state index contributed by atoms with van der Waals surface area (Å²) in [6.07, 6.45) is 3.65. The van der Waals surface area contributed by atoms with Crippen LogP contribution in [0.25, 0.3) is 0 Å². The van der Waals surface area contributed by atoms with E-state index in [0.717, 1.165) is 25.7 Å². The van der Waals surface area contributed by atoms with Gasteiger partial charge in [-0.2, -0.15) is 0 Å². The van der Waals surface area contributed by atoms with Gasteiger partial charge in [0.1, 0.15) is 0 Å². The zero-order valence-corrected chi connectivity index (χ0v) is 11.6. The Morgan fingerprint density at radius 1 is 1.28 bits per heavy atom. The molecule has 2 heteroatoms. The van der Waals surface area contributed by atoms with Crippen molar-refractivity contribution in [1.29, 1.82) is 0 Å². The fourth-order valence-electron chi connectivity index (χ4n) is 3.03. The molecule has 0 aliphatic heterocycles. The van der Waals surface area contributed by atoms with Crippen molar-refractivity contribution in [1.82, 2.24) is 5.32 Å². The predicted octanol–water partition coefficient (Wildman–Crippen LogP) is 3.33. The van der Waals surface area contributed by atoms with Gasteiger partial charge in [-0.3, -0.25) is 0 Å². The highest BCUT2D eigenvalue weighted by molar-refractivity contribution is 5.35. The molecule has 1 aromatic rings. The van der Waals surface area contributed by atoms with Gasteiger partial charge in [0.15, 0.2) is 0 Å². The topological polar surface area (TPSA) is 21.3 Å². The van der Waals surface area contributed by atoms with Gasteiger partial charge in [0.25, 0.3) is 0 Å². The molecular weight excluding hydrogens is 222 g/mol. The van der Waals surface area contributed by atoms with Gasteiger partial charge in [0.05, 0.1) is 0 Å². The Hall–Kier alpha value is -0.860. The normalized spacial score (nSPS) is 22.1. The molecule has 2 rings (SSSR count). The second kappa shape index (κ2) is 6.91. The van der Waals surface area contributed by atoms with Crippen LogP contribution in [0, 0.1) is 5.92 Å². The smallest absolute Gasteiger partial charge is 0.0466 e. The van der Waals surface area contributed by atoms with Gasteiger partial charge in [-0.1, -0.05) is 31.2 Å². The Balaban J connectivity index is 1.95. The SMILES string of the molecule is CCNC1c2ccccc2CC1CCCOCC. The maximum absolute atomic E-state index is 5.45. The van der Waals surface area contributed by atoms with E-state index < -0.39 is 0 Å². The number of fused-ring (bicyclic) bond motifs is 1. The summed E-state index contributed by atoms with van der Waals surface area (Å²) in [5, 5.41) is 3.65. The van der Waals surface area contributed by atoms with E-state index in [0.29, 0.717) is 6.04 Å². The Kier molecular flexibility index (Phi) is 5.21. The van der Waals surface area contributed by atoms with Gasteiger partial charge in [-0.25, -0.2) is 0 Å². The predicted molar refractivity (Wildman–Crippen MR) is 75.8 cm³/mol. The summed E-state index contributed by atoms with van der Waals surface area (Å²) >= 11 is 0. The molecule has 1 aliphatic rings. The molecule has 0 amide bonds. The molecule has 1 aromatic carbocycles. The molecular formula is C16H25NO. The van der Waals surface area contributed by atoms with Crippen molar-refractivity contribution in [2.45, 2.75) is 39.2 Å². The maximum atomic E-state index is 5.45. The highest BCUT2D eigenvalue weighted by Crippen LogP contribution is 2.38. The van der Waals surface area contributed by atoms with Gasteiger partial charge < -0.3 is 10.1 Å². The van der Waals surface area contributed by atoms with Crippen LogP contribution in [-0.2, 0) is 11.2 Å². The Morgan fingerprint density at radius 2 is 2.11 bits per heavy atom. The summed E-state index contributed by atoms with van der Waals surface area (Å²) < 4.78 is 5.45. The monoisotopic (exact) mass is 247 g/mol. The Morgan fingerprint density at radius 3 is 2.89 bits per heavy atom. The van der Waals surface area contributed by atoms with Crippen LogP contribution in [0.5, 0.6) is 0 Å². The van der Waals surface area contributed by atoms with Crippen LogP contribution >= 0.6 is 0 Å². The third-order valence-electron chi connectivity index (χ3n) is 3.84. The van der Waals surface area contributed by atoms with Crippen LogP contribution in [0.15, 0.2) is 24.3 Å². The summed E-state index contributed by atoms with van der Waals surface area (Å²) in [7, 11) is 0. The summed E-state index contributed by atoms with van der Waals surface area (Å²) in [6, 6.07) is 9.43. The molecule has 0 spiro atoms. The number of hydrogen-bond donors (Lipinski definition) is 1. The van der Waals surface area contributed by atoms with Crippen molar-refractivity contribution in [3.05, 3.63) is 35.4 Å². The number of nitrogens with one attached hydrogen (secondary N) is 1. The minimum Gasteiger partial charge on any atom is -0.382 e. The summed E-state index contributed by atoms with van der Waals surface area (Å²) in [5.41, 5.74) is 3.05. The third-order valence-corrected chi connectivity index (χ3v) is 3.84. The molecule has 1 aliphatic carbocycles. The van der Waals surface area contributed by atoms with Gasteiger partial charge in [-0.05, 0) is 49.8 Å². The van der Waals surface area contributed by atoms with Gasteiger partial charge in [-0.15, -0.1) is 0 Å². The van der Waals surface area contributed by atoms with E-state index in [1.54, 1.807) is 0 Å². The van der Waals surface area contributed by atoms with E-state index in [4.69, 9.17) is 4.74 Å². The van der Waals surface area contributed by atoms with Gasteiger partial charge in [0, 0.05) is 19.3 Å². The highest BCUT2D eigenvalue weighted by Gasteiger charge is 2.30. The molecule has 0 aromatic heterocycles. The minimum absolute atomic E-state index is 0.549. The number of rotatable bonds is 7. The Bertz CT molecular complexity index is 364. The first-order valence-electron chi connectivity index (χ1n) is 7.25. The van der Waals surface area contributed by atoms with Gasteiger partial charge >= 0.3 is 0 Å². The highest BCUT2D eigenvalue weighted by atomic mass is 16.5. The number of ether oxygens (including phenoxy) is 1. The zero-order valence-electron chi connectivity index (χ0n) is 11.6. The first-order valence-corrected chi connectivity index (χ1v) is 7.25. The van der Waals surface area contributed by atoms with Crippen molar-refractivity contribution in [2.24, 2.45) is 5.92 Å². The zero-order chi connectivity index (χ0) is 12.8. The molecule has 100 valence electrons. The average molecular weight is 247 g/mol. The lowest BCUT2D eigenvalue weighted by Gasteiger charge is -2.21. The number of benzene rings is 1. The van der Waals surface area contributed by atoms with Crippen LogP contribution in [0.1, 0.15) is 43.9 Å². The van der Waals surface area contributed by atoms with Gasteiger partial charge in [0.2, 0.25) is 0 Å². The second-order valence-electron chi connectivity index (χ2n) is 5.04. The molecule has 0 heterocycles. The minimum atomic E-state index is 0.549. The molecule has 0 bridgehead atoms. The number of hydrogen-bond acceptors (Lipinski definition) is 2. The van der Waals surface area contributed by atoms with Crippen LogP contribution in [-0.4, -0.2) is 19.8 Å². The fourth-order valence-corrected chi connectivity index (χ4v) is 3.03. The lowest BCUT2D eigenvalue weighted by Crippen LogP contribution is -2.25. The quantitative estimate of drug-likeness (QED) is 0.746. The van der Waals surface area contributed by atoms with E-state index in [9.17, 15) is 0 Å². The first-order chi connectivity index (χ1) is 8.86. The van der Waals surface area contributed by atoms with Crippen LogP contribution < -0.4 is 5.32 Å². The molecule has 0 saturated carbocycles. The molecule has 0 radical (unpaired) electrons. The molecule has 2 atom stereocenters. The van der Waals surface area contributed by atoms with Crippen molar-refractivity contribution < 1.29 is 4.74 Å². The maximum Gasteiger partial charge on any atom is 0.0466 e. The molecule has 0 fully saturated rings. The van der Waals surface area contributed by atoms with Crippen molar-refractivity contribution in [3.8, 4) is 0 Å². The van der Waals surface area contributed by atoms with Crippen molar-refractivity contribution in [2.75, 3.05) is 19.8 Å². The Labute approximate surface area is 111 Å². The fraction of sp³-hybridized carbons (Fsp3) is 0.625. The average Bonchev–Trinajstić information content (AvgIpc) is 2.74. The molecule has 2 unspecified atom stereocenters. The van der Waals surface area contributed by atoms with Crippen molar-refractivity contribution >= 4 is 0 Å². The lowest BCUT2D eigenvalue weighted by atomic mass is 9.95. The molecule has 18 heavy (non-hydrogen) atoms. The van der Waals surface area contributed by atoms with E-state index in [2.05, 4.69) is 43.4 Å². The lowest BCUT2D eigenvalue weighted by molar-refractivity contribution is 0.137. The van der Waals surface area contributed by atoms with E-state index in [-0.39, 0.29) is 0 Å². The van der Waals surface area contributed by atoms with E-state index in [1.807, 2.05) is 0 Å². The molecule has 2 nitrogen and oxygen atoms in total. The third kappa shape index (κ3) is 3.12. The van der Waals surface area contributed by atoms with Crippen LogP contribution in [0.2, 0.25) is 0 Å². The molecule has 1 N–H and O–H groups in total. The summed E-state index contributed by atoms with van der Waals surface area (Å²) in [4.78, 5) is 0. The van der Waals surface area contributed by atoms with Crippen LogP contribution in [0.4, 0.5) is 0 Å². The second-order valence-corrected chi connectivity index (χ2v) is 5.04.